The van der Waals surface area contributed by atoms with Gasteiger partial charge in [0.05, 0.1) is 6.33 Å². The molecule has 6 rings (SSSR count). The summed E-state index contributed by atoms with van der Waals surface area (Å²) in [4.78, 5) is 24.3. The molecule has 182 valence electrons. The predicted octanol–water partition coefficient (Wildman–Crippen LogP) is 4.98. The van der Waals surface area contributed by atoms with E-state index in [-0.39, 0.29) is 5.28 Å². The van der Waals surface area contributed by atoms with Crippen molar-refractivity contribution in [1.82, 2.24) is 29.3 Å². The maximum absolute atomic E-state index is 6.51. The minimum atomic E-state index is -0.627. The highest BCUT2D eigenvalue weighted by atomic mass is 35.5. The van der Waals surface area contributed by atoms with Crippen molar-refractivity contribution in [3.05, 3.63) is 29.5 Å². The van der Waals surface area contributed by atoms with Crippen molar-refractivity contribution >= 4 is 29.0 Å². The molecule has 7 nitrogen and oxygen atoms in total. The van der Waals surface area contributed by atoms with Gasteiger partial charge in [0.25, 0.3) is 0 Å². The van der Waals surface area contributed by atoms with Crippen molar-refractivity contribution < 1.29 is 0 Å². The van der Waals surface area contributed by atoms with Crippen molar-refractivity contribution in [1.29, 1.82) is 0 Å². The predicted molar refractivity (Wildman–Crippen MR) is 136 cm³/mol. The van der Waals surface area contributed by atoms with E-state index in [0.29, 0.717) is 6.04 Å². The van der Waals surface area contributed by atoms with E-state index >= 15 is 0 Å². The van der Waals surface area contributed by atoms with Crippen LogP contribution in [0.1, 0.15) is 75.9 Å². The van der Waals surface area contributed by atoms with E-state index in [1.54, 1.807) is 0 Å². The number of hydrogen-bond donors (Lipinski definition) is 0. The Hall–Kier alpha value is -1.83. The van der Waals surface area contributed by atoms with Crippen molar-refractivity contribution in [3.63, 3.8) is 0 Å². The Morgan fingerprint density at radius 2 is 1.74 bits per heavy atom. The molecule has 3 aliphatic heterocycles. The maximum Gasteiger partial charge on any atom is 0.224 e. The summed E-state index contributed by atoms with van der Waals surface area (Å²) in [5.41, 5.74) is 1.90. The highest BCUT2D eigenvalue weighted by Crippen LogP contribution is 2.41. The maximum atomic E-state index is 6.51. The number of halogens is 1. The van der Waals surface area contributed by atoms with E-state index in [1.165, 1.54) is 83.8 Å². The van der Waals surface area contributed by atoms with Gasteiger partial charge >= 0.3 is 0 Å². The summed E-state index contributed by atoms with van der Waals surface area (Å²) in [6.07, 6.45) is 20.8. The number of rotatable bonds is 6. The molecule has 0 bridgehead atoms. The van der Waals surface area contributed by atoms with Crippen LogP contribution >= 0.6 is 11.6 Å². The summed E-state index contributed by atoms with van der Waals surface area (Å²) in [5, 5.41) is 0.286. The number of nitrogens with zero attached hydrogens (tertiary/aromatic N) is 7. The summed E-state index contributed by atoms with van der Waals surface area (Å²) in [6, 6.07) is 0.457. The molecule has 2 aromatic heterocycles. The summed E-state index contributed by atoms with van der Waals surface area (Å²) < 4.78 is 2.22. The van der Waals surface area contributed by atoms with Crippen LogP contribution in [0, 0.1) is 5.92 Å². The number of aliphatic imine (C=N–C) groups is 1. The third-order valence-corrected chi connectivity index (χ3v) is 8.71. The fraction of sp³-hybridized carbons (Fsp3) is 0.692. The lowest BCUT2D eigenvalue weighted by molar-refractivity contribution is 0.0797. The summed E-state index contributed by atoms with van der Waals surface area (Å²) in [6.45, 7) is 5.87. The second-order valence-corrected chi connectivity index (χ2v) is 10.9. The van der Waals surface area contributed by atoms with Gasteiger partial charge in [-0.15, -0.1) is 0 Å². The van der Waals surface area contributed by atoms with Crippen LogP contribution in [0.4, 0.5) is 0 Å². The molecule has 4 aliphatic rings. The van der Waals surface area contributed by atoms with Crippen LogP contribution < -0.4 is 0 Å². The minimum absolute atomic E-state index is 0.286. The molecule has 1 saturated carbocycles. The Morgan fingerprint density at radius 1 is 0.941 bits per heavy atom. The molecule has 0 amide bonds. The van der Waals surface area contributed by atoms with Gasteiger partial charge in [0.15, 0.2) is 11.3 Å². The molecular formula is C26H36ClN7. The Kier molecular flexibility index (Phi) is 6.43. The molecule has 1 aliphatic carbocycles. The lowest BCUT2D eigenvalue weighted by atomic mass is 9.90. The van der Waals surface area contributed by atoms with Crippen LogP contribution in [-0.4, -0.2) is 68.3 Å². The molecule has 5 heterocycles. The van der Waals surface area contributed by atoms with Crippen LogP contribution in [0.2, 0.25) is 5.28 Å². The lowest BCUT2D eigenvalue weighted by Gasteiger charge is -2.42. The Balaban J connectivity index is 1.23. The van der Waals surface area contributed by atoms with Crippen LogP contribution in [0.5, 0.6) is 0 Å². The Labute approximate surface area is 207 Å². The van der Waals surface area contributed by atoms with Gasteiger partial charge in [0.2, 0.25) is 5.28 Å². The zero-order valence-corrected chi connectivity index (χ0v) is 20.8. The average molecular weight is 482 g/mol. The first-order valence-corrected chi connectivity index (χ1v) is 13.7. The van der Waals surface area contributed by atoms with Crippen LogP contribution in [0.25, 0.3) is 11.2 Å². The fourth-order valence-corrected chi connectivity index (χ4v) is 6.73. The average Bonchev–Trinajstić information content (AvgIpc) is 3.64. The molecule has 0 spiro atoms. The van der Waals surface area contributed by atoms with E-state index in [0.717, 1.165) is 35.9 Å². The molecule has 0 aromatic carbocycles. The third kappa shape index (κ3) is 4.20. The van der Waals surface area contributed by atoms with Gasteiger partial charge in [0, 0.05) is 25.3 Å². The molecule has 1 atom stereocenters. The largest absolute Gasteiger partial charge is 0.312 e. The fourth-order valence-electron chi connectivity index (χ4n) is 6.56. The Morgan fingerprint density at radius 3 is 2.47 bits per heavy atom. The SMILES string of the molecule is Clc1nc(C2(N3CCC(CCN4CCCCC4)CC3)C=CC=N2)c2ncn(C3CCCC3)c2n1. The van der Waals surface area contributed by atoms with E-state index in [1.807, 2.05) is 18.6 Å². The zero-order chi connectivity index (χ0) is 23.0. The van der Waals surface area contributed by atoms with Gasteiger partial charge in [-0.1, -0.05) is 19.3 Å². The van der Waals surface area contributed by atoms with Gasteiger partial charge in [0.1, 0.15) is 11.2 Å². The van der Waals surface area contributed by atoms with Gasteiger partial charge < -0.3 is 9.47 Å². The molecule has 1 unspecified atom stereocenters. The number of imidazole rings is 1. The number of aromatic nitrogens is 4. The zero-order valence-electron chi connectivity index (χ0n) is 20.1. The first kappa shape index (κ1) is 22.6. The van der Waals surface area contributed by atoms with E-state index in [9.17, 15) is 0 Å². The highest BCUT2D eigenvalue weighted by molar-refractivity contribution is 6.28. The number of likely N-dealkylation sites (tertiary alicyclic amines) is 2. The third-order valence-electron chi connectivity index (χ3n) is 8.55. The Bertz CT molecular complexity index is 1040. The second kappa shape index (κ2) is 9.67. The first-order chi connectivity index (χ1) is 16.7. The summed E-state index contributed by atoms with van der Waals surface area (Å²) in [5.74, 6) is 0.792. The first-order valence-electron chi connectivity index (χ1n) is 13.3. The number of hydrogen-bond acceptors (Lipinski definition) is 6. The molecule has 0 radical (unpaired) electrons. The normalized spacial score (nSPS) is 27.4. The van der Waals surface area contributed by atoms with Gasteiger partial charge in [-0.05, 0) is 94.3 Å². The number of fused-ring (bicyclic) bond motifs is 1. The van der Waals surface area contributed by atoms with Crippen molar-refractivity contribution in [2.24, 2.45) is 10.9 Å². The molecule has 0 N–H and O–H groups in total. The van der Waals surface area contributed by atoms with E-state index in [2.05, 4.69) is 25.4 Å². The molecule has 2 saturated heterocycles. The molecule has 2 aromatic rings. The topological polar surface area (TPSA) is 62.4 Å². The quantitative estimate of drug-likeness (QED) is 0.544. The lowest BCUT2D eigenvalue weighted by Crippen LogP contribution is -2.48. The van der Waals surface area contributed by atoms with Crippen molar-refractivity contribution in [2.45, 2.75) is 75.9 Å². The van der Waals surface area contributed by atoms with Crippen LogP contribution in [-0.2, 0) is 5.66 Å². The number of allylic oxidation sites excluding steroid dienone is 1. The smallest absolute Gasteiger partial charge is 0.224 e. The summed E-state index contributed by atoms with van der Waals surface area (Å²) in [7, 11) is 0. The minimum Gasteiger partial charge on any atom is -0.312 e. The molecule has 3 fully saturated rings. The van der Waals surface area contributed by atoms with Crippen molar-refractivity contribution in [3.8, 4) is 0 Å². The summed E-state index contributed by atoms with van der Waals surface area (Å²) >= 11 is 6.51. The highest BCUT2D eigenvalue weighted by Gasteiger charge is 2.43. The van der Waals surface area contributed by atoms with Gasteiger partial charge in [-0.25, -0.2) is 9.97 Å². The van der Waals surface area contributed by atoms with Crippen molar-refractivity contribution in [2.75, 3.05) is 32.7 Å². The van der Waals surface area contributed by atoms with E-state index in [4.69, 9.17) is 26.6 Å². The van der Waals surface area contributed by atoms with Gasteiger partial charge in [-0.2, -0.15) is 4.98 Å². The molecule has 34 heavy (non-hydrogen) atoms. The van der Waals surface area contributed by atoms with Crippen LogP contribution in [0.15, 0.2) is 23.5 Å². The molecular weight excluding hydrogens is 446 g/mol. The van der Waals surface area contributed by atoms with Crippen LogP contribution in [0.3, 0.4) is 0 Å². The van der Waals surface area contributed by atoms with E-state index < -0.39 is 5.66 Å². The number of piperidine rings is 2. The standard InChI is InChI=1S/C26H36ClN7/c27-25-30-23(22-24(31-25)34(19-28-22)21-7-2-3-8-21)26(12-6-13-29-26)33-17-10-20(11-18-33)9-16-32-14-4-1-5-15-32/h6,12-13,19-21H,1-5,7-11,14-18H2. The van der Waals surface area contributed by atoms with Gasteiger partial charge in [-0.3, -0.25) is 9.89 Å². The molecule has 8 heteroatoms. The monoisotopic (exact) mass is 481 g/mol. The second-order valence-electron chi connectivity index (χ2n) is 10.6.